The molecule has 1 heteroatoms. The van der Waals surface area contributed by atoms with Crippen molar-refractivity contribution in [2.45, 2.75) is 110 Å². The number of pyridine rings is 1. The quantitative estimate of drug-likeness (QED) is 0.259. The van der Waals surface area contributed by atoms with Crippen molar-refractivity contribution < 1.29 is 0 Å². The molecule has 0 aromatic carbocycles. The third kappa shape index (κ3) is 14.9. The highest BCUT2D eigenvalue weighted by Gasteiger charge is 1.94. The molecule has 1 rings (SSSR count). The summed E-state index contributed by atoms with van der Waals surface area (Å²) in [6.07, 6.45) is 28.9. The van der Waals surface area contributed by atoms with E-state index in [1.807, 2.05) is 18.3 Å². The van der Waals surface area contributed by atoms with Gasteiger partial charge in [0.05, 0.1) is 5.69 Å². The Kier molecular flexibility index (Phi) is 15.5. The maximum atomic E-state index is 4.30. The van der Waals surface area contributed by atoms with Crippen LogP contribution in [-0.4, -0.2) is 4.98 Å². The van der Waals surface area contributed by atoms with Gasteiger partial charge in [0.15, 0.2) is 0 Å². The van der Waals surface area contributed by atoms with E-state index in [0.717, 1.165) is 5.69 Å². The summed E-state index contributed by atoms with van der Waals surface area (Å²) in [5, 5.41) is 0. The first-order valence-corrected chi connectivity index (χ1v) is 11.0. The van der Waals surface area contributed by atoms with Crippen molar-refractivity contribution in [2.24, 2.45) is 0 Å². The zero-order valence-corrected chi connectivity index (χ0v) is 16.7. The van der Waals surface area contributed by atoms with Crippen LogP contribution in [0.1, 0.15) is 115 Å². The van der Waals surface area contributed by atoms with E-state index in [0.29, 0.717) is 0 Å². The summed E-state index contributed by atoms with van der Waals surface area (Å²) in [6.45, 7) is 2.29. The van der Waals surface area contributed by atoms with Crippen LogP contribution >= 0.6 is 0 Å². The molecule has 25 heavy (non-hydrogen) atoms. The minimum atomic E-state index is 1.07. The van der Waals surface area contributed by atoms with Gasteiger partial charge in [0.25, 0.3) is 0 Å². The maximum absolute atomic E-state index is 4.30. The number of unbranched alkanes of at least 4 members (excludes halogenated alkanes) is 15. The van der Waals surface area contributed by atoms with Crippen LogP contribution in [0.4, 0.5) is 0 Å². The summed E-state index contributed by atoms with van der Waals surface area (Å²) >= 11 is 0. The molecule has 142 valence electrons. The Morgan fingerprint density at radius 1 is 0.680 bits per heavy atom. The van der Waals surface area contributed by atoms with E-state index in [9.17, 15) is 0 Å². The van der Waals surface area contributed by atoms with Gasteiger partial charge in [0, 0.05) is 6.20 Å². The molecule has 0 amide bonds. The van der Waals surface area contributed by atoms with Crippen molar-refractivity contribution in [1.29, 1.82) is 0 Å². The summed E-state index contributed by atoms with van der Waals surface area (Å²) in [5.74, 6) is 0. The van der Waals surface area contributed by atoms with Crippen molar-refractivity contribution in [3.05, 3.63) is 36.2 Å². The van der Waals surface area contributed by atoms with Crippen LogP contribution in [0.15, 0.2) is 30.5 Å². The van der Waals surface area contributed by atoms with Crippen LogP contribution < -0.4 is 0 Å². The Labute approximate surface area is 157 Å². The number of allylic oxidation sites excluding steroid dienone is 1. The Balaban J connectivity index is 1.74. The molecule has 0 N–H and O–H groups in total. The third-order valence-corrected chi connectivity index (χ3v) is 4.95. The summed E-state index contributed by atoms with van der Waals surface area (Å²) in [7, 11) is 0. The largest absolute Gasteiger partial charge is 0.257 e. The zero-order chi connectivity index (χ0) is 17.8. The predicted octanol–water partition coefficient (Wildman–Crippen LogP) is 8.36. The number of aromatic nitrogens is 1. The van der Waals surface area contributed by atoms with Gasteiger partial charge in [-0.25, -0.2) is 0 Å². The molecule has 1 heterocycles. The normalized spacial score (nSPS) is 11.4. The lowest BCUT2D eigenvalue weighted by Gasteiger charge is -2.03. The fraction of sp³-hybridized carbons (Fsp3) is 0.708. The molecule has 0 saturated heterocycles. The third-order valence-electron chi connectivity index (χ3n) is 4.95. The summed E-state index contributed by atoms with van der Waals surface area (Å²) in [5.41, 5.74) is 1.07. The number of rotatable bonds is 17. The molecule has 0 spiro atoms. The second-order valence-electron chi connectivity index (χ2n) is 7.40. The van der Waals surface area contributed by atoms with Crippen LogP contribution in [0.2, 0.25) is 0 Å². The Morgan fingerprint density at radius 3 is 1.68 bits per heavy atom. The molecule has 1 nitrogen and oxygen atoms in total. The van der Waals surface area contributed by atoms with E-state index in [2.05, 4.69) is 30.1 Å². The molecular formula is C24H41N. The number of hydrogen-bond donors (Lipinski definition) is 0. The molecule has 0 atom stereocenters. The van der Waals surface area contributed by atoms with Gasteiger partial charge in [-0.3, -0.25) is 4.98 Å². The van der Waals surface area contributed by atoms with Gasteiger partial charge in [-0.1, -0.05) is 109 Å². The van der Waals surface area contributed by atoms with E-state index in [1.54, 1.807) is 0 Å². The van der Waals surface area contributed by atoms with Gasteiger partial charge >= 0.3 is 0 Å². The van der Waals surface area contributed by atoms with E-state index in [1.165, 1.54) is 103 Å². The van der Waals surface area contributed by atoms with Crippen LogP contribution in [0.25, 0.3) is 6.08 Å². The molecule has 1 aromatic rings. The van der Waals surface area contributed by atoms with Crippen LogP contribution in [-0.2, 0) is 0 Å². The van der Waals surface area contributed by atoms with Gasteiger partial charge in [-0.2, -0.15) is 0 Å². The first-order valence-electron chi connectivity index (χ1n) is 11.0. The van der Waals surface area contributed by atoms with Gasteiger partial charge in [-0.05, 0) is 31.1 Å². The lowest BCUT2D eigenvalue weighted by atomic mass is 10.0. The molecule has 0 fully saturated rings. The van der Waals surface area contributed by atoms with E-state index in [-0.39, 0.29) is 0 Å². The molecule has 0 aliphatic carbocycles. The Morgan fingerprint density at radius 2 is 1.20 bits per heavy atom. The molecule has 0 bridgehead atoms. The predicted molar refractivity (Wildman–Crippen MR) is 113 cm³/mol. The van der Waals surface area contributed by atoms with Gasteiger partial charge in [0.2, 0.25) is 0 Å². The van der Waals surface area contributed by atoms with Gasteiger partial charge < -0.3 is 0 Å². The smallest absolute Gasteiger partial charge is 0.0626 e. The minimum absolute atomic E-state index is 1.07. The fourth-order valence-electron chi connectivity index (χ4n) is 3.31. The summed E-state index contributed by atoms with van der Waals surface area (Å²) < 4.78 is 0. The standard InChI is InChI=1S/C24H41N/c1-2-3-4-5-6-7-8-9-10-11-12-13-14-15-16-17-18-21-24-22-19-20-23-25-24/h18-23H,2-17H2,1H3. The molecule has 0 radical (unpaired) electrons. The van der Waals surface area contributed by atoms with E-state index < -0.39 is 0 Å². The molecule has 1 aromatic heterocycles. The number of hydrogen-bond acceptors (Lipinski definition) is 1. The highest BCUT2D eigenvalue weighted by molar-refractivity contribution is 5.43. The average Bonchev–Trinajstić information content (AvgIpc) is 2.65. The monoisotopic (exact) mass is 343 g/mol. The molecule has 0 aliphatic rings. The highest BCUT2D eigenvalue weighted by atomic mass is 14.6. The Bertz CT molecular complexity index is 396. The van der Waals surface area contributed by atoms with Crippen LogP contribution in [0.3, 0.4) is 0 Å². The zero-order valence-electron chi connectivity index (χ0n) is 16.7. The molecular weight excluding hydrogens is 302 g/mol. The summed E-state index contributed by atoms with van der Waals surface area (Å²) in [4.78, 5) is 4.30. The highest BCUT2D eigenvalue weighted by Crippen LogP contribution is 2.13. The molecule has 0 aliphatic heterocycles. The fourth-order valence-corrected chi connectivity index (χ4v) is 3.31. The minimum Gasteiger partial charge on any atom is -0.257 e. The van der Waals surface area contributed by atoms with Crippen molar-refractivity contribution >= 4 is 6.08 Å². The number of nitrogens with zero attached hydrogens (tertiary/aromatic N) is 1. The SMILES string of the molecule is CCCCCCCCCCCCCCCCCC=Cc1ccccn1. The summed E-state index contributed by atoms with van der Waals surface area (Å²) in [6, 6.07) is 6.06. The molecule has 0 unspecified atom stereocenters. The van der Waals surface area contributed by atoms with Crippen molar-refractivity contribution in [1.82, 2.24) is 4.98 Å². The second kappa shape index (κ2) is 17.7. The van der Waals surface area contributed by atoms with Crippen LogP contribution in [0.5, 0.6) is 0 Å². The lowest BCUT2D eigenvalue weighted by Crippen LogP contribution is -1.83. The van der Waals surface area contributed by atoms with Gasteiger partial charge in [-0.15, -0.1) is 0 Å². The van der Waals surface area contributed by atoms with Gasteiger partial charge in [0.1, 0.15) is 0 Å². The van der Waals surface area contributed by atoms with Crippen molar-refractivity contribution in [3.63, 3.8) is 0 Å². The Hall–Kier alpha value is -1.11. The van der Waals surface area contributed by atoms with E-state index in [4.69, 9.17) is 0 Å². The average molecular weight is 344 g/mol. The van der Waals surface area contributed by atoms with Crippen LogP contribution in [0, 0.1) is 0 Å². The van der Waals surface area contributed by atoms with E-state index >= 15 is 0 Å². The van der Waals surface area contributed by atoms with Crippen molar-refractivity contribution in [2.75, 3.05) is 0 Å². The first kappa shape index (κ1) is 21.9. The van der Waals surface area contributed by atoms with Crippen molar-refractivity contribution in [3.8, 4) is 0 Å². The second-order valence-corrected chi connectivity index (χ2v) is 7.40. The topological polar surface area (TPSA) is 12.9 Å². The first-order chi connectivity index (χ1) is 12.4. The lowest BCUT2D eigenvalue weighted by molar-refractivity contribution is 0.533. The maximum Gasteiger partial charge on any atom is 0.0626 e. The molecule has 0 saturated carbocycles.